The fourth-order valence-corrected chi connectivity index (χ4v) is 1.38. The van der Waals surface area contributed by atoms with Crippen LogP contribution >= 0.6 is 0 Å². The molecular formula is C14H27N3. The van der Waals surface area contributed by atoms with Crippen molar-refractivity contribution >= 4 is 5.71 Å². The number of unbranched alkanes of at least 4 members (excludes halogenated alkanes) is 1. The Morgan fingerprint density at radius 1 is 1.41 bits per heavy atom. The Bertz CT molecular complexity index is 288. The molecule has 0 aromatic rings. The molecule has 0 spiro atoms. The molecule has 0 aliphatic heterocycles. The number of hydrogen-bond donors (Lipinski definition) is 1. The summed E-state index contributed by atoms with van der Waals surface area (Å²) in [5, 5.41) is 3.42. The van der Waals surface area contributed by atoms with Gasteiger partial charge >= 0.3 is 0 Å². The Balaban J connectivity index is 4.29. The second kappa shape index (κ2) is 8.99. The molecule has 0 heterocycles. The minimum absolute atomic E-state index is 0.916. The molecule has 0 aromatic carbocycles. The second-order valence-corrected chi connectivity index (χ2v) is 4.47. The van der Waals surface area contributed by atoms with E-state index in [4.69, 9.17) is 0 Å². The van der Waals surface area contributed by atoms with E-state index in [1.54, 1.807) is 7.05 Å². The highest BCUT2D eigenvalue weighted by molar-refractivity contribution is 6.07. The molecular weight excluding hydrogens is 210 g/mol. The Hall–Kier alpha value is -1.09. The third-order valence-electron chi connectivity index (χ3n) is 2.57. The van der Waals surface area contributed by atoms with Gasteiger partial charge in [-0.2, -0.15) is 0 Å². The zero-order valence-electron chi connectivity index (χ0n) is 12.0. The van der Waals surface area contributed by atoms with Crippen LogP contribution in [0.5, 0.6) is 0 Å². The number of rotatable bonds is 8. The van der Waals surface area contributed by atoms with Crippen molar-refractivity contribution in [3.63, 3.8) is 0 Å². The maximum atomic E-state index is 4.26. The topological polar surface area (TPSA) is 27.6 Å². The molecule has 0 saturated heterocycles. The van der Waals surface area contributed by atoms with Gasteiger partial charge in [-0.05, 0) is 26.0 Å². The van der Waals surface area contributed by atoms with Crippen LogP contribution in [0, 0.1) is 0 Å². The lowest BCUT2D eigenvalue weighted by molar-refractivity contribution is 0.542. The smallest absolute Gasteiger partial charge is 0.0797 e. The van der Waals surface area contributed by atoms with Gasteiger partial charge in [0.25, 0.3) is 0 Å². The van der Waals surface area contributed by atoms with E-state index >= 15 is 0 Å². The van der Waals surface area contributed by atoms with Crippen molar-refractivity contribution in [2.75, 3.05) is 34.2 Å². The fraction of sp³-hybridized carbons (Fsp3) is 0.643. The molecule has 0 radical (unpaired) electrons. The number of hydrogen-bond acceptors (Lipinski definition) is 3. The van der Waals surface area contributed by atoms with Crippen LogP contribution in [0.3, 0.4) is 0 Å². The van der Waals surface area contributed by atoms with Crippen LogP contribution in [0.15, 0.2) is 28.9 Å². The van der Waals surface area contributed by atoms with Gasteiger partial charge in [0.15, 0.2) is 0 Å². The molecule has 0 aliphatic carbocycles. The van der Waals surface area contributed by atoms with E-state index in [0.717, 1.165) is 24.5 Å². The van der Waals surface area contributed by atoms with Crippen LogP contribution in [-0.2, 0) is 0 Å². The summed E-state index contributed by atoms with van der Waals surface area (Å²) in [5.41, 5.74) is 3.18. The van der Waals surface area contributed by atoms with Gasteiger partial charge in [0, 0.05) is 27.7 Å². The number of nitrogens with one attached hydrogen (secondary N) is 1. The van der Waals surface area contributed by atoms with Crippen molar-refractivity contribution < 1.29 is 0 Å². The van der Waals surface area contributed by atoms with Crippen LogP contribution in [0.25, 0.3) is 0 Å². The molecule has 0 atom stereocenters. The molecule has 3 nitrogen and oxygen atoms in total. The van der Waals surface area contributed by atoms with Gasteiger partial charge in [-0.1, -0.05) is 25.5 Å². The van der Waals surface area contributed by atoms with Crippen molar-refractivity contribution in [2.45, 2.75) is 26.7 Å². The fourth-order valence-electron chi connectivity index (χ4n) is 1.38. The first-order valence-electron chi connectivity index (χ1n) is 6.24. The summed E-state index contributed by atoms with van der Waals surface area (Å²) in [6, 6.07) is 0. The van der Waals surface area contributed by atoms with E-state index in [1.165, 1.54) is 18.4 Å². The van der Waals surface area contributed by atoms with Gasteiger partial charge in [-0.25, -0.2) is 0 Å². The van der Waals surface area contributed by atoms with Crippen molar-refractivity contribution in [2.24, 2.45) is 4.99 Å². The first-order valence-corrected chi connectivity index (χ1v) is 6.24. The molecule has 0 fully saturated rings. The summed E-state index contributed by atoms with van der Waals surface area (Å²) < 4.78 is 0. The van der Waals surface area contributed by atoms with E-state index in [1.807, 2.05) is 19.0 Å². The number of aliphatic imine (C=N–C) groups is 1. The molecule has 0 aromatic heterocycles. The van der Waals surface area contributed by atoms with Crippen molar-refractivity contribution in [3.05, 3.63) is 23.9 Å². The predicted molar refractivity (Wildman–Crippen MR) is 77.7 cm³/mol. The van der Waals surface area contributed by atoms with Gasteiger partial charge in [0.2, 0.25) is 0 Å². The quantitative estimate of drug-likeness (QED) is 0.519. The highest BCUT2D eigenvalue weighted by atomic mass is 15.1. The second-order valence-electron chi connectivity index (χ2n) is 4.47. The molecule has 0 rings (SSSR count). The Labute approximate surface area is 106 Å². The van der Waals surface area contributed by atoms with Crippen molar-refractivity contribution in [1.29, 1.82) is 0 Å². The van der Waals surface area contributed by atoms with Crippen LogP contribution in [0.2, 0.25) is 0 Å². The molecule has 0 saturated carbocycles. The third-order valence-corrected chi connectivity index (χ3v) is 2.57. The minimum Gasteiger partial charge on any atom is -0.376 e. The van der Waals surface area contributed by atoms with Crippen LogP contribution in [0.4, 0.5) is 0 Å². The van der Waals surface area contributed by atoms with E-state index < -0.39 is 0 Å². The normalized spacial score (nSPS) is 12.8. The van der Waals surface area contributed by atoms with Crippen LogP contribution < -0.4 is 5.32 Å². The first kappa shape index (κ1) is 15.9. The standard InChI is InChI=1S/C14H27N3/c1-7-8-9-16-11-12(2)10-14(15-4)13(3)17(5)6/h10,16H,3,7-9,11H2,1-2,4-6H3/b12-10+,15-14?. The molecule has 17 heavy (non-hydrogen) atoms. The maximum absolute atomic E-state index is 4.26. The lowest BCUT2D eigenvalue weighted by Crippen LogP contribution is -2.20. The SMILES string of the molecule is C=C(C(/C=C(\C)CNCCCC)=NC)N(C)C. The summed E-state index contributed by atoms with van der Waals surface area (Å²) in [6.45, 7) is 10.3. The molecule has 0 bridgehead atoms. The monoisotopic (exact) mass is 237 g/mol. The zero-order valence-corrected chi connectivity index (χ0v) is 12.0. The number of nitrogens with zero attached hydrogens (tertiary/aromatic N) is 2. The Kier molecular flexibility index (Phi) is 8.42. The molecule has 0 aliphatic rings. The van der Waals surface area contributed by atoms with E-state index in [0.29, 0.717) is 0 Å². The average Bonchev–Trinajstić information content (AvgIpc) is 2.30. The molecule has 1 N–H and O–H groups in total. The van der Waals surface area contributed by atoms with Gasteiger partial charge in [-0.15, -0.1) is 0 Å². The van der Waals surface area contributed by atoms with Gasteiger partial charge < -0.3 is 10.2 Å². The van der Waals surface area contributed by atoms with Gasteiger partial charge in [0.1, 0.15) is 0 Å². The average molecular weight is 237 g/mol. The largest absolute Gasteiger partial charge is 0.376 e. The minimum atomic E-state index is 0.916. The molecule has 98 valence electrons. The lowest BCUT2D eigenvalue weighted by atomic mass is 10.1. The van der Waals surface area contributed by atoms with Crippen LogP contribution in [0.1, 0.15) is 26.7 Å². The highest BCUT2D eigenvalue weighted by Gasteiger charge is 2.03. The predicted octanol–water partition coefficient (Wildman–Crippen LogP) is 2.47. The number of allylic oxidation sites excluding steroid dienone is 1. The lowest BCUT2D eigenvalue weighted by Gasteiger charge is -2.16. The Morgan fingerprint density at radius 3 is 2.53 bits per heavy atom. The highest BCUT2D eigenvalue weighted by Crippen LogP contribution is 2.03. The Morgan fingerprint density at radius 2 is 2.06 bits per heavy atom. The summed E-state index contributed by atoms with van der Waals surface area (Å²) in [5.74, 6) is 0. The summed E-state index contributed by atoms with van der Waals surface area (Å²) in [7, 11) is 5.77. The van der Waals surface area contributed by atoms with Gasteiger partial charge in [0.05, 0.1) is 11.4 Å². The molecule has 0 amide bonds. The van der Waals surface area contributed by atoms with Crippen LogP contribution in [-0.4, -0.2) is 44.8 Å². The van der Waals surface area contributed by atoms with E-state index in [-0.39, 0.29) is 0 Å². The summed E-state index contributed by atoms with van der Waals surface area (Å²) >= 11 is 0. The van der Waals surface area contributed by atoms with E-state index in [2.05, 4.69) is 36.8 Å². The van der Waals surface area contributed by atoms with Crippen molar-refractivity contribution in [3.8, 4) is 0 Å². The zero-order chi connectivity index (χ0) is 13.3. The molecule has 0 unspecified atom stereocenters. The summed E-state index contributed by atoms with van der Waals surface area (Å²) in [6.07, 6.45) is 4.56. The third kappa shape index (κ3) is 6.95. The van der Waals surface area contributed by atoms with E-state index in [9.17, 15) is 0 Å². The summed E-state index contributed by atoms with van der Waals surface area (Å²) in [4.78, 5) is 6.25. The molecule has 3 heteroatoms. The first-order chi connectivity index (χ1) is 8.02. The maximum Gasteiger partial charge on any atom is 0.0797 e. The van der Waals surface area contributed by atoms with Gasteiger partial charge in [-0.3, -0.25) is 4.99 Å². The van der Waals surface area contributed by atoms with Crippen molar-refractivity contribution in [1.82, 2.24) is 10.2 Å².